The van der Waals surface area contributed by atoms with E-state index in [2.05, 4.69) is 39.2 Å². The van der Waals surface area contributed by atoms with Gasteiger partial charge in [-0.2, -0.15) is 5.10 Å². The molecule has 8 heteroatoms. The quantitative estimate of drug-likeness (QED) is 0.504. The molecule has 3 heterocycles. The number of nitrogens with zero attached hydrogens (tertiary/aromatic N) is 3. The van der Waals surface area contributed by atoms with E-state index in [1.54, 1.807) is 13.3 Å². The molecule has 4 rings (SSSR count). The van der Waals surface area contributed by atoms with Crippen LogP contribution in [0, 0.1) is 17.3 Å². The van der Waals surface area contributed by atoms with Crippen LogP contribution in [-0.4, -0.2) is 59.9 Å². The molecule has 1 aliphatic heterocycles. The molecular formula is C23H30N6O2. The van der Waals surface area contributed by atoms with E-state index in [4.69, 9.17) is 19.9 Å². The molecular weight excluding hydrogens is 392 g/mol. The summed E-state index contributed by atoms with van der Waals surface area (Å²) < 4.78 is 11.5. The summed E-state index contributed by atoms with van der Waals surface area (Å²) in [7, 11) is 1.75. The van der Waals surface area contributed by atoms with Crippen molar-refractivity contribution in [1.29, 1.82) is 5.41 Å². The first-order valence-corrected chi connectivity index (χ1v) is 10.9. The number of morpholine rings is 1. The lowest BCUT2D eigenvalue weighted by Crippen LogP contribution is -2.44. The van der Waals surface area contributed by atoms with E-state index >= 15 is 0 Å². The van der Waals surface area contributed by atoms with Crippen molar-refractivity contribution in [3.63, 3.8) is 0 Å². The predicted molar refractivity (Wildman–Crippen MR) is 121 cm³/mol. The maximum Gasteiger partial charge on any atom is 0.144 e. The zero-order valence-electron chi connectivity index (χ0n) is 18.2. The summed E-state index contributed by atoms with van der Waals surface area (Å²) >= 11 is 0. The average Bonchev–Trinajstić information content (AvgIpc) is 3.31. The molecule has 0 aromatic carbocycles. The summed E-state index contributed by atoms with van der Waals surface area (Å²) in [6.45, 7) is 4.21. The highest BCUT2D eigenvalue weighted by atomic mass is 16.5. The number of anilines is 3. The third kappa shape index (κ3) is 4.73. The number of pyridine rings is 1. The Morgan fingerprint density at radius 2 is 2.23 bits per heavy atom. The van der Waals surface area contributed by atoms with Crippen molar-refractivity contribution in [3.8, 4) is 11.8 Å². The molecule has 2 aromatic heterocycles. The van der Waals surface area contributed by atoms with E-state index in [-0.39, 0.29) is 6.04 Å². The Kier molecular flexibility index (Phi) is 6.54. The van der Waals surface area contributed by atoms with Gasteiger partial charge in [-0.15, -0.1) is 0 Å². The Morgan fingerprint density at radius 1 is 1.39 bits per heavy atom. The predicted octanol–water partition coefficient (Wildman–Crippen LogP) is 3.47. The van der Waals surface area contributed by atoms with Crippen molar-refractivity contribution in [2.24, 2.45) is 0 Å². The minimum absolute atomic E-state index is 0.205. The Morgan fingerprint density at radius 3 is 2.90 bits per heavy atom. The lowest BCUT2D eigenvalue weighted by Gasteiger charge is -2.34. The molecule has 3 N–H and O–H groups in total. The van der Waals surface area contributed by atoms with Crippen molar-refractivity contribution in [2.45, 2.75) is 50.7 Å². The second-order valence-corrected chi connectivity index (χ2v) is 8.16. The number of hydrogen-bond donors (Lipinski definition) is 3. The summed E-state index contributed by atoms with van der Waals surface area (Å²) in [6, 6.07) is 4.02. The van der Waals surface area contributed by atoms with Crippen LogP contribution in [0.2, 0.25) is 0 Å². The maximum absolute atomic E-state index is 8.06. The second-order valence-electron chi connectivity index (χ2n) is 8.16. The van der Waals surface area contributed by atoms with Gasteiger partial charge in [0.15, 0.2) is 0 Å². The number of aromatic amines is 1. The number of H-pyrrole nitrogens is 1. The van der Waals surface area contributed by atoms with Gasteiger partial charge in [0.25, 0.3) is 0 Å². The van der Waals surface area contributed by atoms with Gasteiger partial charge in [-0.25, -0.2) is 4.98 Å². The van der Waals surface area contributed by atoms with E-state index in [1.807, 2.05) is 12.1 Å². The van der Waals surface area contributed by atoms with Crippen LogP contribution >= 0.6 is 0 Å². The minimum Gasteiger partial charge on any atom is -0.377 e. The van der Waals surface area contributed by atoms with Gasteiger partial charge in [-0.1, -0.05) is 18.3 Å². The molecule has 0 bridgehead atoms. The highest BCUT2D eigenvalue weighted by Crippen LogP contribution is 2.31. The molecule has 1 aliphatic carbocycles. The van der Waals surface area contributed by atoms with Crippen molar-refractivity contribution in [3.05, 3.63) is 29.5 Å². The van der Waals surface area contributed by atoms with Crippen molar-refractivity contribution < 1.29 is 9.47 Å². The van der Waals surface area contributed by atoms with E-state index in [0.29, 0.717) is 30.4 Å². The zero-order chi connectivity index (χ0) is 21.7. The van der Waals surface area contributed by atoms with Crippen LogP contribution in [0.15, 0.2) is 18.3 Å². The molecule has 0 amide bonds. The summed E-state index contributed by atoms with van der Waals surface area (Å²) in [5.41, 5.74) is 1.00. The number of nitrogens with one attached hydrogen (secondary N) is 3. The van der Waals surface area contributed by atoms with Gasteiger partial charge in [-0.05, 0) is 38.7 Å². The van der Waals surface area contributed by atoms with E-state index in [9.17, 15) is 0 Å². The number of rotatable bonds is 5. The van der Waals surface area contributed by atoms with Crippen LogP contribution in [0.1, 0.15) is 50.2 Å². The first-order valence-electron chi connectivity index (χ1n) is 10.9. The lowest BCUT2D eigenvalue weighted by molar-refractivity contribution is 0.0104. The second kappa shape index (κ2) is 9.50. The van der Waals surface area contributed by atoms with Crippen molar-refractivity contribution in [2.75, 3.05) is 37.1 Å². The smallest absolute Gasteiger partial charge is 0.144 e. The Labute approximate surface area is 183 Å². The van der Waals surface area contributed by atoms with Crippen LogP contribution in [0.5, 0.6) is 0 Å². The average molecular weight is 423 g/mol. The SMILES string of the molecule is COC1(C#Cc2cc(N3CCOC[C@H]3C)nc(Nc3ccn[nH]3)c2C=N)CCCCC1. The van der Waals surface area contributed by atoms with Crippen molar-refractivity contribution in [1.82, 2.24) is 15.2 Å². The lowest BCUT2D eigenvalue weighted by atomic mass is 9.85. The number of ether oxygens (including phenoxy) is 2. The standard InChI is InChI=1S/C23H30N6O2/c1-17-16-31-13-12-29(17)21-14-18(6-10-23(30-2)8-4-3-5-9-23)19(15-24)22(27-21)26-20-7-11-25-28-20/h7,11,14-15,17,24H,3-5,8-9,12-13,16H2,1-2H3,(H2,25,26,27,28)/t17-/m1/s1. The zero-order valence-corrected chi connectivity index (χ0v) is 18.2. The van der Waals surface area contributed by atoms with Gasteiger partial charge >= 0.3 is 0 Å². The molecule has 2 fully saturated rings. The molecule has 8 nitrogen and oxygen atoms in total. The first-order chi connectivity index (χ1) is 15.1. The Balaban J connectivity index is 1.77. The monoisotopic (exact) mass is 422 g/mol. The Hall–Kier alpha value is -2.89. The molecule has 2 aromatic rings. The van der Waals surface area contributed by atoms with Crippen LogP contribution in [-0.2, 0) is 9.47 Å². The first kappa shape index (κ1) is 21.3. The summed E-state index contributed by atoms with van der Waals surface area (Å²) in [5.74, 6) is 8.87. The summed E-state index contributed by atoms with van der Waals surface area (Å²) in [6.07, 6.45) is 8.33. The van der Waals surface area contributed by atoms with Crippen molar-refractivity contribution >= 4 is 23.7 Å². The van der Waals surface area contributed by atoms with Crippen LogP contribution in [0.4, 0.5) is 17.5 Å². The fourth-order valence-corrected chi connectivity index (χ4v) is 4.24. The van der Waals surface area contributed by atoms with E-state index < -0.39 is 5.60 Å². The molecule has 1 atom stereocenters. The van der Waals surface area contributed by atoms with Crippen LogP contribution in [0.25, 0.3) is 0 Å². The minimum atomic E-state index is -0.412. The molecule has 164 valence electrons. The number of methoxy groups -OCH3 is 1. The fourth-order valence-electron chi connectivity index (χ4n) is 4.24. The largest absolute Gasteiger partial charge is 0.377 e. The molecule has 2 aliphatic rings. The van der Waals surface area contributed by atoms with Gasteiger partial charge in [0.1, 0.15) is 23.1 Å². The molecule has 0 spiro atoms. The normalized spacial score (nSPS) is 20.6. The summed E-state index contributed by atoms with van der Waals surface area (Å²) in [4.78, 5) is 7.08. The topological polar surface area (TPSA) is 99.2 Å². The van der Waals surface area contributed by atoms with E-state index in [0.717, 1.165) is 43.6 Å². The Bertz CT molecular complexity index is 956. The molecule has 1 saturated carbocycles. The van der Waals surface area contributed by atoms with Crippen LogP contribution < -0.4 is 10.2 Å². The van der Waals surface area contributed by atoms with Gasteiger partial charge in [0.2, 0.25) is 0 Å². The summed E-state index contributed by atoms with van der Waals surface area (Å²) in [5, 5.41) is 18.2. The molecule has 31 heavy (non-hydrogen) atoms. The van der Waals surface area contributed by atoms with Gasteiger partial charge in [0.05, 0.1) is 31.0 Å². The third-order valence-electron chi connectivity index (χ3n) is 6.08. The van der Waals surface area contributed by atoms with Crippen LogP contribution in [0.3, 0.4) is 0 Å². The van der Waals surface area contributed by atoms with Gasteiger partial charge in [-0.3, -0.25) is 5.10 Å². The maximum atomic E-state index is 8.06. The molecule has 0 radical (unpaired) electrons. The molecule has 1 saturated heterocycles. The van der Waals surface area contributed by atoms with E-state index in [1.165, 1.54) is 12.6 Å². The molecule has 0 unspecified atom stereocenters. The van der Waals surface area contributed by atoms with Gasteiger partial charge < -0.3 is 25.1 Å². The fraction of sp³-hybridized carbons (Fsp3) is 0.522. The number of aromatic nitrogens is 3. The highest BCUT2D eigenvalue weighted by Gasteiger charge is 2.30. The van der Waals surface area contributed by atoms with Gasteiger partial charge in [0, 0.05) is 31.5 Å². The number of hydrogen-bond acceptors (Lipinski definition) is 7. The third-order valence-corrected chi connectivity index (χ3v) is 6.08. The highest BCUT2D eigenvalue weighted by molar-refractivity contribution is 5.90.